The Morgan fingerprint density at radius 1 is 0.830 bits per heavy atom. The Kier molecular flexibility index (Phi) is 14.0. The molecular formula is C37H47F2N3O5. The number of nitrogens with zero attached hydrogens (tertiary/aromatic N) is 1. The van der Waals surface area contributed by atoms with Gasteiger partial charge in [-0.1, -0.05) is 64.1 Å². The van der Waals surface area contributed by atoms with Gasteiger partial charge in [0.05, 0.1) is 18.1 Å². The van der Waals surface area contributed by atoms with Crippen LogP contribution in [0.5, 0.6) is 0 Å². The number of carbonyl (C=O) groups excluding carboxylic acids is 3. The summed E-state index contributed by atoms with van der Waals surface area (Å²) in [6.07, 6.45) is -2.08. The van der Waals surface area contributed by atoms with E-state index in [4.69, 9.17) is 0 Å². The predicted molar refractivity (Wildman–Crippen MR) is 178 cm³/mol. The molecule has 0 unspecified atom stereocenters. The second kappa shape index (κ2) is 17.7. The van der Waals surface area contributed by atoms with Gasteiger partial charge >= 0.3 is 0 Å². The molecule has 4 N–H and O–H groups in total. The highest BCUT2D eigenvalue weighted by Gasteiger charge is 2.39. The number of amides is 3. The molecule has 0 heterocycles. The number of aliphatic hydroxyl groups excluding tert-OH is 2. The molecule has 47 heavy (non-hydrogen) atoms. The van der Waals surface area contributed by atoms with Crippen molar-refractivity contribution in [1.29, 1.82) is 0 Å². The number of aryl methyl sites for hydroxylation is 1. The van der Waals surface area contributed by atoms with Crippen LogP contribution in [0.1, 0.15) is 77.9 Å². The number of benzene rings is 3. The van der Waals surface area contributed by atoms with Crippen LogP contribution in [-0.4, -0.2) is 64.2 Å². The highest BCUT2D eigenvalue weighted by molar-refractivity contribution is 6.00. The number of rotatable bonds is 16. The first-order chi connectivity index (χ1) is 22.4. The lowest BCUT2D eigenvalue weighted by atomic mass is 9.83. The van der Waals surface area contributed by atoms with Gasteiger partial charge in [0.25, 0.3) is 11.8 Å². The fraction of sp³-hybridized carbons (Fsp3) is 0.432. The topological polar surface area (TPSA) is 119 Å². The second-order valence-corrected chi connectivity index (χ2v) is 12.3. The van der Waals surface area contributed by atoms with Gasteiger partial charge in [-0.05, 0) is 73.1 Å². The lowest BCUT2D eigenvalue weighted by Crippen LogP contribution is -2.55. The number of nitrogens with one attached hydrogen (secondary N) is 2. The maximum Gasteiger partial charge on any atom is 0.253 e. The summed E-state index contributed by atoms with van der Waals surface area (Å²) in [7, 11) is 0. The Labute approximate surface area is 276 Å². The molecule has 0 radical (unpaired) electrons. The third kappa shape index (κ3) is 10.4. The van der Waals surface area contributed by atoms with Crippen LogP contribution in [0.25, 0.3) is 0 Å². The molecule has 10 heteroatoms. The van der Waals surface area contributed by atoms with Crippen LogP contribution in [0.15, 0.2) is 66.7 Å². The first-order valence-corrected chi connectivity index (χ1v) is 16.2. The van der Waals surface area contributed by atoms with Crippen molar-refractivity contribution in [3.63, 3.8) is 0 Å². The summed E-state index contributed by atoms with van der Waals surface area (Å²) >= 11 is 0. The maximum atomic E-state index is 14.2. The Morgan fingerprint density at radius 3 is 2.02 bits per heavy atom. The molecule has 8 nitrogen and oxygen atoms in total. The zero-order valence-electron chi connectivity index (χ0n) is 27.8. The van der Waals surface area contributed by atoms with Crippen LogP contribution in [0.2, 0.25) is 0 Å². The molecule has 0 aliphatic rings. The van der Waals surface area contributed by atoms with Gasteiger partial charge in [0, 0.05) is 36.8 Å². The van der Waals surface area contributed by atoms with E-state index in [1.54, 1.807) is 37.8 Å². The first-order valence-electron chi connectivity index (χ1n) is 16.2. The molecule has 0 aromatic heterocycles. The van der Waals surface area contributed by atoms with Gasteiger partial charge in [-0.2, -0.15) is 0 Å². The van der Waals surface area contributed by atoms with Gasteiger partial charge in [-0.3, -0.25) is 14.4 Å². The van der Waals surface area contributed by atoms with Gasteiger partial charge in [0.2, 0.25) is 5.91 Å². The van der Waals surface area contributed by atoms with Gasteiger partial charge in [0.15, 0.2) is 0 Å². The Hall–Kier alpha value is -4.15. The van der Waals surface area contributed by atoms with Crippen molar-refractivity contribution >= 4 is 17.7 Å². The molecule has 3 rings (SSSR count). The van der Waals surface area contributed by atoms with Crippen LogP contribution < -0.4 is 10.6 Å². The Morgan fingerprint density at radius 2 is 1.45 bits per heavy atom. The van der Waals surface area contributed by atoms with E-state index in [0.717, 1.165) is 30.5 Å². The summed E-state index contributed by atoms with van der Waals surface area (Å²) in [5.41, 5.74) is 2.02. The van der Waals surface area contributed by atoms with Crippen LogP contribution in [0.4, 0.5) is 8.78 Å². The Bertz CT molecular complexity index is 1470. The number of aliphatic hydroxyl groups is 2. The van der Waals surface area contributed by atoms with E-state index in [1.807, 2.05) is 44.2 Å². The van der Waals surface area contributed by atoms with Crippen molar-refractivity contribution in [3.05, 3.63) is 106 Å². The van der Waals surface area contributed by atoms with E-state index in [2.05, 4.69) is 10.6 Å². The van der Waals surface area contributed by atoms with Crippen molar-refractivity contribution < 1.29 is 33.4 Å². The minimum atomic E-state index is -1.71. The largest absolute Gasteiger partial charge is 0.390 e. The van der Waals surface area contributed by atoms with Crippen LogP contribution in [-0.2, 0) is 17.8 Å². The molecule has 0 saturated heterocycles. The van der Waals surface area contributed by atoms with Crippen molar-refractivity contribution in [2.24, 2.45) is 11.8 Å². The normalized spacial score (nSPS) is 13.8. The molecule has 0 aliphatic heterocycles. The minimum Gasteiger partial charge on any atom is -0.390 e. The average Bonchev–Trinajstić information content (AvgIpc) is 3.02. The van der Waals surface area contributed by atoms with E-state index in [-0.39, 0.29) is 30.0 Å². The standard InChI is InChI=1S/C37H47F2N3O5/c1-6-15-42(16-7-2)37(47)27-14-13-24(5)30(20-27)35(45)41-31(19-26-17-28(38)21-29(39)18-26)33(43)34(44)32(23(3)4)36(46)40-22-25-11-9-8-10-12-25/h8-14,17-18,20-21,23,31-34,43-44H,6-7,15-16,19,22H2,1-5H3,(H,40,46)(H,41,45)/t31-,32+,33+,34+/m0/s1. The zero-order valence-corrected chi connectivity index (χ0v) is 27.8. The Balaban J connectivity index is 1.92. The second-order valence-electron chi connectivity index (χ2n) is 12.3. The summed E-state index contributed by atoms with van der Waals surface area (Å²) in [5.74, 6) is -4.55. The van der Waals surface area contributed by atoms with Gasteiger partial charge < -0.3 is 25.7 Å². The molecule has 3 aromatic rings. The molecule has 3 aromatic carbocycles. The quantitative estimate of drug-likeness (QED) is 0.170. The van der Waals surface area contributed by atoms with E-state index >= 15 is 0 Å². The molecule has 0 aliphatic carbocycles. The van der Waals surface area contributed by atoms with Gasteiger partial charge in [-0.15, -0.1) is 0 Å². The van der Waals surface area contributed by atoms with E-state index < -0.39 is 53.5 Å². The monoisotopic (exact) mass is 651 g/mol. The van der Waals surface area contributed by atoms with Crippen molar-refractivity contribution in [2.45, 2.75) is 78.7 Å². The average molecular weight is 652 g/mol. The van der Waals surface area contributed by atoms with Crippen LogP contribution >= 0.6 is 0 Å². The van der Waals surface area contributed by atoms with E-state index in [9.17, 15) is 33.4 Å². The predicted octanol–water partition coefficient (Wildman–Crippen LogP) is 5.19. The number of halogens is 2. The highest BCUT2D eigenvalue weighted by atomic mass is 19.1. The number of hydrogen-bond acceptors (Lipinski definition) is 5. The van der Waals surface area contributed by atoms with Crippen LogP contribution in [0, 0.1) is 30.4 Å². The fourth-order valence-electron chi connectivity index (χ4n) is 5.73. The molecule has 0 bridgehead atoms. The molecule has 3 amide bonds. The number of carbonyl (C=O) groups is 3. The number of hydrogen-bond donors (Lipinski definition) is 4. The molecule has 4 atom stereocenters. The van der Waals surface area contributed by atoms with Crippen molar-refractivity contribution in [1.82, 2.24) is 15.5 Å². The van der Waals surface area contributed by atoms with Gasteiger partial charge in [0.1, 0.15) is 17.7 Å². The van der Waals surface area contributed by atoms with E-state index in [0.29, 0.717) is 30.3 Å². The smallest absolute Gasteiger partial charge is 0.253 e. The van der Waals surface area contributed by atoms with Gasteiger partial charge in [-0.25, -0.2) is 8.78 Å². The summed E-state index contributed by atoms with van der Waals surface area (Å²) < 4.78 is 28.3. The summed E-state index contributed by atoms with van der Waals surface area (Å²) in [6.45, 7) is 10.4. The molecule has 254 valence electrons. The molecule has 0 spiro atoms. The summed E-state index contributed by atoms with van der Waals surface area (Å²) in [6, 6.07) is 15.6. The lowest BCUT2D eigenvalue weighted by molar-refractivity contribution is -0.135. The van der Waals surface area contributed by atoms with Crippen molar-refractivity contribution in [2.75, 3.05) is 13.1 Å². The maximum absolute atomic E-state index is 14.2. The third-order valence-electron chi connectivity index (χ3n) is 8.16. The lowest BCUT2D eigenvalue weighted by Gasteiger charge is -2.33. The van der Waals surface area contributed by atoms with Crippen molar-refractivity contribution in [3.8, 4) is 0 Å². The van der Waals surface area contributed by atoms with Crippen LogP contribution in [0.3, 0.4) is 0 Å². The fourth-order valence-corrected chi connectivity index (χ4v) is 5.73. The molecular weight excluding hydrogens is 604 g/mol. The van der Waals surface area contributed by atoms with E-state index in [1.165, 1.54) is 6.07 Å². The third-order valence-corrected chi connectivity index (χ3v) is 8.16. The summed E-state index contributed by atoms with van der Waals surface area (Å²) in [5, 5.41) is 28.5. The first kappa shape index (κ1) is 37.3. The zero-order chi connectivity index (χ0) is 34.7. The molecule has 0 fully saturated rings. The minimum absolute atomic E-state index is 0.129. The summed E-state index contributed by atoms with van der Waals surface area (Å²) in [4.78, 5) is 42.1. The highest BCUT2D eigenvalue weighted by Crippen LogP contribution is 2.23. The molecule has 0 saturated carbocycles. The SMILES string of the molecule is CCCN(CCC)C(=O)c1ccc(C)c(C(=O)N[C@@H](Cc2cc(F)cc(F)c2)[C@@H](O)[C@H](O)[C@H](C(=O)NCc2ccccc2)C(C)C)c1.